The maximum absolute atomic E-state index is 6.36. The lowest BCUT2D eigenvalue weighted by Crippen LogP contribution is -2.21. The maximum Gasteiger partial charge on any atom is 0.0961 e. The topological polar surface area (TPSA) is 12.0 Å². The van der Waals surface area contributed by atoms with Gasteiger partial charge in [-0.2, -0.15) is 0 Å². The van der Waals surface area contributed by atoms with Gasteiger partial charge in [0.25, 0.3) is 0 Å². The molecule has 19 heavy (non-hydrogen) atoms. The number of benzene rings is 1. The molecule has 1 aromatic heterocycles. The van der Waals surface area contributed by atoms with E-state index >= 15 is 0 Å². The minimum Gasteiger partial charge on any atom is -0.306 e. The van der Waals surface area contributed by atoms with E-state index in [0.717, 1.165) is 31.5 Å². The number of hydrogen-bond donors (Lipinski definition) is 1. The van der Waals surface area contributed by atoms with Gasteiger partial charge in [0.1, 0.15) is 0 Å². The highest BCUT2D eigenvalue weighted by molar-refractivity contribution is 9.10. The van der Waals surface area contributed by atoms with Gasteiger partial charge >= 0.3 is 0 Å². The number of nitrogens with one attached hydrogen (secondary N) is 1. The van der Waals surface area contributed by atoms with Gasteiger partial charge in [-0.3, -0.25) is 0 Å². The summed E-state index contributed by atoms with van der Waals surface area (Å²) in [5, 5.41) is 4.22. The summed E-state index contributed by atoms with van der Waals surface area (Å²) in [7, 11) is 0. The maximum atomic E-state index is 6.36. The smallest absolute Gasteiger partial charge is 0.0961 e. The average molecular weight is 379 g/mol. The summed E-state index contributed by atoms with van der Waals surface area (Å²) >= 11 is 17.6. The zero-order valence-corrected chi connectivity index (χ0v) is 14.6. The number of halogens is 3. The van der Waals surface area contributed by atoms with Crippen LogP contribution >= 0.6 is 50.5 Å². The van der Waals surface area contributed by atoms with Crippen molar-refractivity contribution in [1.29, 1.82) is 0 Å². The Kier molecular flexibility index (Phi) is 5.32. The van der Waals surface area contributed by atoms with Gasteiger partial charge in [0.05, 0.1) is 10.4 Å². The number of aryl methyl sites for hydroxylation is 1. The zero-order chi connectivity index (χ0) is 14.0. The second-order valence-electron chi connectivity index (χ2n) is 4.26. The minimum absolute atomic E-state index is 0.0850. The van der Waals surface area contributed by atoms with E-state index in [9.17, 15) is 0 Å². The van der Waals surface area contributed by atoms with E-state index in [0.29, 0.717) is 0 Å². The number of rotatable bonds is 4. The predicted octanol–water partition coefficient (Wildman–Crippen LogP) is 5.82. The third-order valence-electron chi connectivity index (χ3n) is 2.84. The first kappa shape index (κ1) is 15.3. The largest absolute Gasteiger partial charge is 0.306 e. The zero-order valence-electron chi connectivity index (χ0n) is 10.6. The molecule has 102 valence electrons. The van der Waals surface area contributed by atoms with Crippen molar-refractivity contribution >= 4 is 50.5 Å². The van der Waals surface area contributed by atoms with Gasteiger partial charge in [0, 0.05) is 14.4 Å². The highest BCUT2D eigenvalue weighted by Crippen LogP contribution is 2.37. The molecule has 0 aliphatic rings. The van der Waals surface area contributed by atoms with Crippen LogP contribution in [0.1, 0.15) is 29.0 Å². The normalized spacial score (nSPS) is 12.7. The third-order valence-corrected chi connectivity index (χ3v) is 5.28. The molecule has 0 bridgehead atoms. The lowest BCUT2D eigenvalue weighted by atomic mass is 10.0. The Balaban J connectivity index is 2.44. The molecular weight excluding hydrogens is 365 g/mol. The average Bonchev–Trinajstić information content (AvgIpc) is 2.67. The quantitative estimate of drug-likeness (QED) is 0.706. The fourth-order valence-corrected chi connectivity index (χ4v) is 4.02. The fraction of sp³-hybridized carbons (Fsp3) is 0.286. The molecule has 2 rings (SSSR count). The molecule has 1 atom stereocenters. The van der Waals surface area contributed by atoms with Crippen LogP contribution in [0.15, 0.2) is 28.7 Å². The predicted molar refractivity (Wildman–Crippen MR) is 88.7 cm³/mol. The van der Waals surface area contributed by atoms with Crippen LogP contribution < -0.4 is 5.32 Å². The SMILES string of the molecule is CCNC(c1cc(C)c(Cl)s1)c1ccc(Br)cc1Cl. The van der Waals surface area contributed by atoms with Gasteiger partial charge in [0.2, 0.25) is 0 Å². The van der Waals surface area contributed by atoms with Crippen molar-refractivity contribution < 1.29 is 0 Å². The molecule has 0 saturated carbocycles. The summed E-state index contributed by atoms with van der Waals surface area (Å²) < 4.78 is 1.82. The number of thiophene rings is 1. The van der Waals surface area contributed by atoms with E-state index < -0.39 is 0 Å². The Labute approximate surface area is 136 Å². The van der Waals surface area contributed by atoms with Crippen LogP contribution in [0.3, 0.4) is 0 Å². The van der Waals surface area contributed by atoms with E-state index in [1.165, 1.54) is 4.88 Å². The van der Waals surface area contributed by atoms with E-state index in [-0.39, 0.29) is 6.04 Å². The Bertz CT molecular complexity index is 563. The van der Waals surface area contributed by atoms with Crippen LogP contribution in [-0.2, 0) is 0 Å². The first-order valence-electron chi connectivity index (χ1n) is 5.97. The molecule has 1 N–H and O–H groups in total. The molecular formula is C14H14BrCl2NS. The second-order valence-corrected chi connectivity index (χ2v) is 7.27. The van der Waals surface area contributed by atoms with Crippen molar-refractivity contribution in [2.45, 2.75) is 19.9 Å². The van der Waals surface area contributed by atoms with Gasteiger partial charge < -0.3 is 5.32 Å². The fourth-order valence-electron chi connectivity index (χ4n) is 1.93. The van der Waals surface area contributed by atoms with E-state index in [1.54, 1.807) is 11.3 Å². The molecule has 1 heterocycles. The van der Waals surface area contributed by atoms with Crippen molar-refractivity contribution in [2.24, 2.45) is 0 Å². The lowest BCUT2D eigenvalue weighted by Gasteiger charge is -2.18. The summed E-state index contributed by atoms with van der Waals surface area (Å²) in [5.74, 6) is 0. The molecule has 0 amide bonds. The van der Waals surface area contributed by atoms with Crippen molar-refractivity contribution in [3.63, 3.8) is 0 Å². The molecule has 2 aromatic rings. The highest BCUT2D eigenvalue weighted by atomic mass is 79.9. The Morgan fingerprint density at radius 1 is 1.32 bits per heavy atom. The van der Waals surface area contributed by atoms with Crippen LogP contribution in [0.2, 0.25) is 9.36 Å². The van der Waals surface area contributed by atoms with E-state index in [1.807, 2.05) is 25.1 Å². The van der Waals surface area contributed by atoms with Gasteiger partial charge in [0.15, 0.2) is 0 Å². The summed E-state index contributed by atoms with van der Waals surface area (Å²) in [6.07, 6.45) is 0. The van der Waals surface area contributed by atoms with Gasteiger partial charge in [-0.25, -0.2) is 0 Å². The van der Waals surface area contributed by atoms with Crippen LogP contribution in [0, 0.1) is 6.92 Å². The molecule has 0 saturated heterocycles. The summed E-state index contributed by atoms with van der Waals surface area (Å²) in [6, 6.07) is 8.18. The molecule has 0 aliphatic carbocycles. The van der Waals surface area contributed by atoms with E-state index in [4.69, 9.17) is 23.2 Å². The first-order valence-corrected chi connectivity index (χ1v) is 8.33. The van der Waals surface area contributed by atoms with Gasteiger partial charge in [-0.05, 0) is 42.8 Å². The van der Waals surface area contributed by atoms with Gasteiger partial charge in [-0.15, -0.1) is 11.3 Å². The van der Waals surface area contributed by atoms with Crippen molar-refractivity contribution in [3.05, 3.63) is 54.1 Å². The molecule has 0 spiro atoms. The van der Waals surface area contributed by atoms with Crippen molar-refractivity contribution in [2.75, 3.05) is 6.54 Å². The third kappa shape index (κ3) is 3.53. The molecule has 1 aromatic carbocycles. The lowest BCUT2D eigenvalue weighted by molar-refractivity contribution is 0.639. The first-order chi connectivity index (χ1) is 9.02. The van der Waals surface area contributed by atoms with Crippen LogP contribution in [0.25, 0.3) is 0 Å². The van der Waals surface area contributed by atoms with Crippen molar-refractivity contribution in [3.8, 4) is 0 Å². The van der Waals surface area contributed by atoms with Crippen LogP contribution in [0.5, 0.6) is 0 Å². The molecule has 0 radical (unpaired) electrons. The van der Waals surface area contributed by atoms with E-state index in [2.05, 4.69) is 34.2 Å². The van der Waals surface area contributed by atoms with Crippen LogP contribution in [-0.4, -0.2) is 6.54 Å². The minimum atomic E-state index is 0.0850. The Morgan fingerprint density at radius 2 is 2.05 bits per heavy atom. The second kappa shape index (κ2) is 6.59. The monoisotopic (exact) mass is 377 g/mol. The molecule has 0 aliphatic heterocycles. The summed E-state index contributed by atoms with van der Waals surface area (Å²) in [6.45, 7) is 4.97. The van der Waals surface area contributed by atoms with Crippen molar-refractivity contribution in [1.82, 2.24) is 5.32 Å². The molecule has 0 fully saturated rings. The Morgan fingerprint density at radius 3 is 2.58 bits per heavy atom. The number of hydrogen-bond acceptors (Lipinski definition) is 2. The highest BCUT2D eigenvalue weighted by Gasteiger charge is 2.19. The van der Waals surface area contributed by atoms with Crippen LogP contribution in [0.4, 0.5) is 0 Å². The molecule has 5 heteroatoms. The molecule has 1 nitrogen and oxygen atoms in total. The summed E-state index contributed by atoms with van der Waals surface area (Å²) in [5.41, 5.74) is 2.18. The standard InChI is InChI=1S/C14H14BrCl2NS/c1-3-18-13(12-6-8(2)14(17)19-12)10-5-4-9(15)7-11(10)16/h4-7,13,18H,3H2,1-2H3. The Hall–Kier alpha value is -0.0600. The van der Waals surface area contributed by atoms with Gasteiger partial charge in [-0.1, -0.05) is 52.1 Å². The summed E-state index contributed by atoms with van der Waals surface area (Å²) in [4.78, 5) is 1.19. The molecule has 1 unspecified atom stereocenters.